The zero-order valence-electron chi connectivity index (χ0n) is 11.2. The van der Waals surface area contributed by atoms with Crippen LogP contribution in [0.2, 0.25) is 0 Å². The summed E-state index contributed by atoms with van der Waals surface area (Å²) in [5, 5.41) is 5.67. The number of carbonyl (C=O) groups excluding carboxylic acids is 1. The zero-order valence-corrected chi connectivity index (χ0v) is 11.2. The summed E-state index contributed by atoms with van der Waals surface area (Å²) >= 11 is 0. The molecule has 2 rings (SSSR count). The van der Waals surface area contributed by atoms with E-state index < -0.39 is 6.09 Å². The fraction of sp³-hybridized carbons (Fsp3) is 0.143. The minimum Gasteiger partial charge on any atom is -0.497 e. The van der Waals surface area contributed by atoms with Gasteiger partial charge in [-0.3, -0.25) is 5.32 Å². The minimum atomic E-state index is -0.548. The summed E-state index contributed by atoms with van der Waals surface area (Å²) in [6.45, 7) is 0. The van der Waals surface area contributed by atoms with E-state index in [1.165, 1.54) is 7.11 Å². The highest BCUT2D eigenvalue weighted by Crippen LogP contribution is 2.20. The van der Waals surface area contributed by atoms with Crippen LogP contribution < -0.4 is 15.4 Å². The monoisotopic (exact) mass is 273 g/mol. The van der Waals surface area contributed by atoms with Crippen molar-refractivity contribution < 1.29 is 14.3 Å². The molecule has 2 aromatic rings. The second-order valence-corrected chi connectivity index (χ2v) is 3.90. The molecule has 0 aliphatic rings. The molecule has 2 N–H and O–H groups in total. The highest BCUT2D eigenvalue weighted by Gasteiger charge is 2.02. The molecule has 0 atom stereocenters. The maximum atomic E-state index is 11.0. The van der Waals surface area contributed by atoms with E-state index in [1.807, 2.05) is 30.3 Å². The largest absolute Gasteiger partial charge is 0.497 e. The van der Waals surface area contributed by atoms with Gasteiger partial charge in [0.1, 0.15) is 11.6 Å². The van der Waals surface area contributed by atoms with Crippen molar-refractivity contribution in [2.45, 2.75) is 0 Å². The number of rotatable bonds is 4. The van der Waals surface area contributed by atoms with Crippen molar-refractivity contribution in [1.29, 1.82) is 0 Å². The average Bonchev–Trinajstić information content (AvgIpc) is 2.50. The molecule has 0 bridgehead atoms. The third kappa shape index (κ3) is 3.61. The fourth-order valence-corrected chi connectivity index (χ4v) is 1.54. The van der Waals surface area contributed by atoms with E-state index in [9.17, 15) is 4.79 Å². The quantitative estimate of drug-likeness (QED) is 0.895. The van der Waals surface area contributed by atoms with Crippen molar-refractivity contribution in [2.24, 2.45) is 0 Å². The molecule has 6 heteroatoms. The smallest absolute Gasteiger partial charge is 0.412 e. The van der Waals surface area contributed by atoms with Crippen LogP contribution in [0.25, 0.3) is 0 Å². The van der Waals surface area contributed by atoms with Crippen LogP contribution in [0.15, 0.2) is 42.6 Å². The second-order valence-electron chi connectivity index (χ2n) is 3.90. The molecule has 0 saturated carbocycles. The van der Waals surface area contributed by atoms with Gasteiger partial charge in [-0.2, -0.15) is 0 Å². The lowest BCUT2D eigenvalue weighted by atomic mass is 10.3. The van der Waals surface area contributed by atoms with Crippen LogP contribution in [0, 0.1) is 0 Å². The van der Waals surface area contributed by atoms with Gasteiger partial charge in [-0.1, -0.05) is 0 Å². The Bertz CT molecular complexity index is 567. The van der Waals surface area contributed by atoms with Crippen molar-refractivity contribution >= 4 is 23.3 Å². The second kappa shape index (κ2) is 6.42. The molecule has 1 aromatic heterocycles. The summed E-state index contributed by atoms with van der Waals surface area (Å²) in [7, 11) is 2.92. The normalized spacial score (nSPS) is 9.70. The predicted molar refractivity (Wildman–Crippen MR) is 76.5 cm³/mol. The Kier molecular flexibility index (Phi) is 4.39. The number of amides is 1. The molecule has 20 heavy (non-hydrogen) atoms. The summed E-state index contributed by atoms with van der Waals surface area (Å²) in [5.41, 5.74) is 1.73. The minimum absolute atomic E-state index is 0.428. The molecule has 1 amide bonds. The molecular formula is C14H15N3O3. The van der Waals surface area contributed by atoms with Crippen LogP contribution in [0.1, 0.15) is 0 Å². The lowest BCUT2D eigenvalue weighted by molar-refractivity contribution is 0.187. The van der Waals surface area contributed by atoms with E-state index >= 15 is 0 Å². The summed E-state index contributed by atoms with van der Waals surface area (Å²) in [6.07, 6.45) is 1.07. The average molecular weight is 273 g/mol. The number of hydrogen-bond donors (Lipinski definition) is 2. The van der Waals surface area contributed by atoms with Gasteiger partial charge in [0.15, 0.2) is 0 Å². The third-order valence-corrected chi connectivity index (χ3v) is 2.56. The standard InChI is InChI=1S/C14H15N3O3/c1-19-12-6-3-10(4-7-12)16-11-5-8-13(15-9-11)17-14(18)20-2/h3-9,16H,1-2H3,(H,15,17,18). The van der Waals surface area contributed by atoms with Crippen molar-refractivity contribution in [3.8, 4) is 5.75 Å². The molecule has 0 radical (unpaired) electrons. The van der Waals surface area contributed by atoms with E-state index in [4.69, 9.17) is 4.74 Å². The van der Waals surface area contributed by atoms with E-state index in [0.29, 0.717) is 5.82 Å². The molecule has 0 unspecified atom stereocenters. The third-order valence-electron chi connectivity index (χ3n) is 2.56. The van der Waals surface area contributed by atoms with Gasteiger partial charge >= 0.3 is 6.09 Å². The lowest BCUT2D eigenvalue weighted by Gasteiger charge is -2.08. The van der Waals surface area contributed by atoms with E-state index in [-0.39, 0.29) is 0 Å². The Labute approximate surface area is 116 Å². The number of ether oxygens (including phenoxy) is 2. The fourth-order valence-electron chi connectivity index (χ4n) is 1.54. The van der Waals surface area contributed by atoms with Gasteiger partial charge in [-0.05, 0) is 36.4 Å². The van der Waals surface area contributed by atoms with Crippen LogP contribution in [-0.2, 0) is 4.74 Å². The summed E-state index contributed by atoms with van der Waals surface area (Å²) < 4.78 is 9.57. The number of nitrogens with zero attached hydrogens (tertiary/aromatic N) is 1. The van der Waals surface area contributed by atoms with Crippen molar-refractivity contribution in [3.05, 3.63) is 42.6 Å². The highest BCUT2D eigenvalue weighted by molar-refractivity contribution is 5.83. The van der Waals surface area contributed by atoms with Crippen molar-refractivity contribution in [1.82, 2.24) is 4.98 Å². The number of pyridine rings is 1. The predicted octanol–water partition coefficient (Wildman–Crippen LogP) is 3.01. The number of nitrogens with one attached hydrogen (secondary N) is 2. The number of benzene rings is 1. The number of hydrogen-bond acceptors (Lipinski definition) is 5. The van der Waals surface area contributed by atoms with Crippen molar-refractivity contribution in [3.63, 3.8) is 0 Å². The Morgan fingerprint density at radius 2 is 1.75 bits per heavy atom. The topological polar surface area (TPSA) is 72.5 Å². The van der Waals surface area contributed by atoms with Gasteiger partial charge in [0.25, 0.3) is 0 Å². The maximum absolute atomic E-state index is 11.0. The molecule has 0 aliphatic heterocycles. The Balaban J connectivity index is 2.00. The maximum Gasteiger partial charge on any atom is 0.412 e. The molecule has 1 heterocycles. The van der Waals surface area contributed by atoms with Crippen LogP contribution in [0.4, 0.5) is 22.0 Å². The first-order chi connectivity index (χ1) is 9.71. The van der Waals surface area contributed by atoms with Crippen molar-refractivity contribution in [2.75, 3.05) is 24.9 Å². The molecule has 0 spiro atoms. The van der Waals surface area contributed by atoms with Gasteiger partial charge < -0.3 is 14.8 Å². The first-order valence-electron chi connectivity index (χ1n) is 5.93. The first kappa shape index (κ1) is 13.7. The Morgan fingerprint density at radius 1 is 1.05 bits per heavy atom. The molecule has 104 valence electrons. The number of carbonyl (C=O) groups is 1. The number of anilines is 3. The van der Waals surface area contributed by atoms with Crippen LogP contribution >= 0.6 is 0 Å². The summed E-state index contributed by atoms with van der Waals surface area (Å²) in [5.74, 6) is 1.23. The number of methoxy groups -OCH3 is 2. The summed E-state index contributed by atoms with van der Waals surface area (Å²) in [6, 6.07) is 11.0. The van der Waals surface area contributed by atoms with E-state index in [1.54, 1.807) is 19.4 Å². The summed E-state index contributed by atoms with van der Waals surface area (Å²) in [4.78, 5) is 15.1. The van der Waals surface area contributed by atoms with Gasteiger partial charge in [0.2, 0.25) is 0 Å². The molecule has 1 aromatic carbocycles. The van der Waals surface area contributed by atoms with Crippen LogP contribution in [-0.4, -0.2) is 25.3 Å². The highest BCUT2D eigenvalue weighted by atomic mass is 16.5. The van der Waals surface area contributed by atoms with Gasteiger partial charge in [0, 0.05) is 5.69 Å². The van der Waals surface area contributed by atoms with Crippen LogP contribution in [0.3, 0.4) is 0 Å². The first-order valence-corrected chi connectivity index (χ1v) is 5.93. The lowest BCUT2D eigenvalue weighted by Crippen LogP contribution is -2.11. The SMILES string of the molecule is COC(=O)Nc1ccc(Nc2ccc(OC)cc2)cn1. The molecular weight excluding hydrogens is 258 g/mol. The molecule has 0 fully saturated rings. The molecule has 6 nitrogen and oxygen atoms in total. The number of aromatic nitrogens is 1. The zero-order chi connectivity index (χ0) is 14.4. The van der Waals surface area contributed by atoms with Gasteiger partial charge in [0.05, 0.1) is 26.1 Å². The van der Waals surface area contributed by atoms with Gasteiger partial charge in [-0.25, -0.2) is 9.78 Å². The van der Waals surface area contributed by atoms with Gasteiger partial charge in [-0.15, -0.1) is 0 Å². The Hall–Kier alpha value is -2.76. The Morgan fingerprint density at radius 3 is 2.30 bits per heavy atom. The molecule has 0 saturated heterocycles. The van der Waals surface area contributed by atoms with E-state index in [2.05, 4.69) is 20.4 Å². The molecule has 0 aliphatic carbocycles. The van der Waals surface area contributed by atoms with E-state index in [0.717, 1.165) is 17.1 Å². The van der Waals surface area contributed by atoms with Crippen LogP contribution in [0.5, 0.6) is 5.75 Å².